The number of sulfonamides is 1. The summed E-state index contributed by atoms with van der Waals surface area (Å²) in [6.07, 6.45) is 1.11. The lowest BCUT2D eigenvalue weighted by Crippen LogP contribution is -2.42. The van der Waals surface area contributed by atoms with Crippen LogP contribution in [0.5, 0.6) is 0 Å². The van der Waals surface area contributed by atoms with E-state index >= 15 is 0 Å². The van der Waals surface area contributed by atoms with Gasteiger partial charge in [0, 0.05) is 23.9 Å². The molecule has 1 fully saturated rings. The molecule has 1 aromatic carbocycles. The maximum atomic E-state index is 12.8. The van der Waals surface area contributed by atoms with Crippen LogP contribution in [0, 0.1) is 19.8 Å². The fourth-order valence-electron chi connectivity index (χ4n) is 3.11. The number of hydrogen-bond acceptors (Lipinski definition) is 4. The Morgan fingerprint density at radius 3 is 2.54 bits per heavy atom. The zero-order valence-corrected chi connectivity index (χ0v) is 16.7. The van der Waals surface area contributed by atoms with E-state index in [0.717, 1.165) is 16.0 Å². The molecule has 5 nitrogen and oxygen atoms in total. The topological polar surface area (TPSA) is 66.5 Å². The van der Waals surface area contributed by atoms with Crippen LogP contribution in [0.3, 0.4) is 0 Å². The Morgan fingerprint density at radius 1 is 1.19 bits per heavy atom. The number of carbonyl (C=O) groups excluding carboxylic acids is 1. The number of nitrogens with one attached hydrogen (secondary N) is 1. The van der Waals surface area contributed by atoms with Crippen LogP contribution >= 0.6 is 11.3 Å². The standard InChI is InChI=1S/C19H24N2O3S2/c1-14-5-6-18(12-15(14)2)26(23,24)21-9-7-16(8-10-21)19(22)20-13-17-4-3-11-25-17/h3-6,11-12,16H,7-10,13H2,1-2H3,(H,20,22). The van der Waals surface area contributed by atoms with E-state index in [0.29, 0.717) is 37.4 Å². The van der Waals surface area contributed by atoms with Gasteiger partial charge in [0.15, 0.2) is 0 Å². The summed E-state index contributed by atoms with van der Waals surface area (Å²) in [5.74, 6) is -0.109. The van der Waals surface area contributed by atoms with E-state index in [1.54, 1.807) is 23.5 Å². The normalized spacial score (nSPS) is 16.5. The van der Waals surface area contributed by atoms with Crippen LogP contribution in [-0.2, 0) is 21.4 Å². The zero-order chi connectivity index (χ0) is 18.7. The summed E-state index contributed by atoms with van der Waals surface area (Å²) in [5.41, 5.74) is 2.04. The summed E-state index contributed by atoms with van der Waals surface area (Å²) in [4.78, 5) is 13.8. The molecule has 0 unspecified atom stereocenters. The van der Waals surface area contributed by atoms with Gasteiger partial charge in [-0.25, -0.2) is 8.42 Å². The van der Waals surface area contributed by atoms with Crippen molar-refractivity contribution in [3.05, 3.63) is 51.7 Å². The molecule has 3 rings (SSSR count). The lowest BCUT2D eigenvalue weighted by Gasteiger charge is -2.30. The number of piperidine rings is 1. The molecular weight excluding hydrogens is 368 g/mol. The first-order valence-corrected chi connectivity index (χ1v) is 11.1. The van der Waals surface area contributed by atoms with Crippen molar-refractivity contribution in [1.29, 1.82) is 0 Å². The number of aryl methyl sites for hydroxylation is 2. The molecule has 0 bridgehead atoms. The third-order valence-corrected chi connectivity index (χ3v) is 7.73. The zero-order valence-electron chi connectivity index (χ0n) is 15.1. The number of rotatable bonds is 5. The van der Waals surface area contributed by atoms with Crippen LogP contribution in [0.4, 0.5) is 0 Å². The SMILES string of the molecule is Cc1ccc(S(=O)(=O)N2CCC(C(=O)NCc3cccs3)CC2)cc1C. The average Bonchev–Trinajstić information content (AvgIpc) is 3.15. The summed E-state index contributed by atoms with van der Waals surface area (Å²) < 4.78 is 27.2. The molecule has 1 saturated heterocycles. The largest absolute Gasteiger partial charge is 0.351 e. The van der Waals surface area contributed by atoms with Crippen LogP contribution in [0.1, 0.15) is 28.8 Å². The minimum absolute atomic E-state index is 0.0154. The fourth-order valence-corrected chi connectivity index (χ4v) is 5.31. The van der Waals surface area contributed by atoms with Gasteiger partial charge in [0.05, 0.1) is 11.4 Å². The maximum absolute atomic E-state index is 12.8. The van der Waals surface area contributed by atoms with Crippen LogP contribution in [0.15, 0.2) is 40.6 Å². The van der Waals surface area contributed by atoms with Gasteiger partial charge in [-0.1, -0.05) is 12.1 Å². The Hall–Kier alpha value is -1.70. The first-order chi connectivity index (χ1) is 12.4. The van der Waals surface area contributed by atoms with Gasteiger partial charge >= 0.3 is 0 Å². The second-order valence-electron chi connectivity index (χ2n) is 6.72. The van der Waals surface area contributed by atoms with Gasteiger partial charge in [0.2, 0.25) is 15.9 Å². The van der Waals surface area contributed by atoms with Gasteiger partial charge in [-0.15, -0.1) is 11.3 Å². The Kier molecular flexibility index (Phi) is 5.79. The van der Waals surface area contributed by atoms with Gasteiger partial charge in [-0.3, -0.25) is 4.79 Å². The molecule has 7 heteroatoms. The van der Waals surface area contributed by atoms with E-state index < -0.39 is 10.0 Å². The van der Waals surface area contributed by atoms with Crippen LogP contribution in [0.25, 0.3) is 0 Å². The molecule has 1 aliphatic heterocycles. The number of amides is 1. The minimum Gasteiger partial charge on any atom is -0.351 e. The van der Waals surface area contributed by atoms with E-state index in [-0.39, 0.29) is 11.8 Å². The van der Waals surface area contributed by atoms with Crippen molar-refractivity contribution in [2.75, 3.05) is 13.1 Å². The molecule has 0 spiro atoms. The quantitative estimate of drug-likeness (QED) is 0.850. The third-order valence-electron chi connectivity index (χ3n) is 4.96. The van der Waals surface area contributed by atoms with Gasteiger partial charge in [0.1, 0.15) is 0 Å². The summed E-state index contributed by atoms with van der Waals surface area (Å²) in [6.45, 7) is 5.18. The second kappa shape index (κ2) is 7.90. The highest BCUT2D eigenvalue weighted by Gasteiger charge is 2.32. The number of thiophene rings is 1. The highest BCUT2D eigenvalue weighted by atomic mass is 32.2. The molecule has 1 aliphatic rings. The Balaban J connectivity index is 1.58. The van der Waals surface area contributed by atoms with E-state index in [9.17, 15) is 13.2 Å². The molecule has 1 N–H and O–H groups in total. The fraction of sp³-hybridized carbons (Fsp3) is 0.421. The molecule has 2 aromatic rings. The molecule has 0 radical (unpaired) electrons. The van der Waals surface area contributed by atoms with E-state index in [1.165, 1.54) is 4.31 Å². The molecule has 26 heavy (non-hydrogen) atoms. The first kappa shape index (κ1) is 19.1. The molecule has 0 atom stereocenters. The van der Waals surface area contributed by atoms with Crippen LogP contribution < -0.4 is 5.32 Å². The van der Waals surface area contributed by atoms with Gasteiger partial charge in [-0.05, 0) is 61.4 Å². The molecule has 1 amide bonds. The predicted molar refractivity (Wildman–Crippen MR) is 104 cm³/mol. The van der Waals surface area contributed by atoms with Crippen molar-refractivity contribution in [3.63, 3.8) is 0 Å². The highest BCUT2D eigenvalue weighted by Crippen LogP contribution is 2.25. The molecule has 1 aromatic heterocycles. The molecule has 0 saturated carbocycles. The van der Waals surface area contributed by atoms with E-state index in [1.807, 2.05) is 37.4 Å². The molecule has 0 aliphatic carbocycles. The van der Waals surface area contributed by atoms with Gasteiger partial charge in [-0.2, -0.15) is 4.31 Å². The minimum atomic E-state index is -3.49. The van der Waals surface area contributed by atoms with Crippen LogP contribution in [-0.4, -0.2) is 31.7 Å². The maximum Gasteiger partial charge on any atom is 0.243 e. The summed E-state index contributed by atoms with van der Waals surface area (Å²) in [7, 11) is -3.49. The van der Waals surface area contributed by atoms with Crippen molar-refractivity contribution >= 4 is 27.3 Å². The van der Waals surface area contributed by atoms with Crippen molar-refractivity contribution in [2.45, 2.75) is 38.1 Å². The Labute approximate surface area is 159 Å². The van der Waals surface area contributed by atoms with Crippen molar-refractivity contribution in [3.8, 4) is 0 Å². The number of hydrogen-bond donors (Lipinski definition) is 1. The smallest absolute Gasteiger partial charge is 0.243 e. The van der Waals surface area contributed by atoms with Gasteiger partial charge < -0.3 is 5.32 Å². The predicted octanol–water partition coefficient (Wildman–Crippen LogP) is 3.08. The van der Waals surface area contributed by atoms with Gasteiger partial charge in [0.25, 0.3) is 0 Å². The van der Waals surface area contributed by atoms with Crippen LogP contribution in [0.2, 0.25) is 0 Å². The third kappa shape index (κ3) is 4.16. The van der Waals surface area contributed by atoms with Crippen molar-refractivity contribution in [2.24, 2.45) is 5.92 Å². The molecule has 140 valence electrons. The highest BCUT2D eigenvalue weighted by molar-refractivity contribution is 7.89. The number of benzene rings is 1. The van der Waals surface area contributed by atoms with E-state index in [4.69, 9.17) is 0 Å². The summed E-state index contributed by atoms with van der Waals surface area (Å²) >= 11 is 1.61. The Bertz CT molecular complexity index is 868. The summed E-state index contributed by atoms with van der Waals surface area (Å²) in [6, 6.07) is 9.18. The first-order valence-electron chi connectivity index (χ1n) is 8.75. The lowest BCUT2D eigenvalue weighted by atomic mass is 9.97. The van der Waals surface area contributed by atoms with Crippen molar-refractivity contribution in [1.82, 2.24) is 9.62 Å². The average molecular weight is 393 g/mol. The monoisotopic (exact) mass is 392 g/mol. The van der Waals surface area contributed by atoms with E-state index in [2.05, 4.69) is 5.32 Å². The number of nitrogens with zero attached hydrogens (tertiary/aromatic N) is 1. The Morgan fingerprint density at radius 2 is 1.92 bits per heavy atom. The summed E-state index contributed by atoms with van der Waals surface area (Å²) in [5, 5.41) is 4.94. The molecular formula is C19H24N2O3S2. The second-order valence-corrected chi connectivity index (χ2v) is 9.69. The number of carbonyl (C=O) groups is 1. The lowest BCUT2D eigenvalue weighted by molar-refractivity contribution is -0.126. The van der Waals surface area contributed by atoms with Crippen molar-refractivity contribution < 1.29 is 13.2 Å². The molecule has 2 heterocycles.